The van der Waals surface area contributed by atoms with Crippen molar-refractivity contribution >= 4 is 11.8 Å². The number of hydrogen-bond donors (Lipinski definition) is 3. The molecule has 2 amide bonds. The van der Waals surface area contributed by atoms with Crippen molar-refractivity contribution in [2.24, 2.45) is 11.3 Å². The zero-order chi connectivity index (χ0) is 32.9. The largest absolute Gasteiger partial charge is 0.393 e. The van der Waals surface area contributed by atoms with Crippen molar-refractivity contribution in [3.63, 3.8) is 0 Å². The molecule has 4 aliphatic carbocycles. The standard InChI is InChI=1S/C40H56N2O4/c1-28(2)41-38(45)42(26-30-13-7-5-8-14-30)27-40(46)23-21-36-34-20-18-31(25-35(34)37(44)32-15-9-6-10-16-32)24-33(43)19-17-29(3)12-11-22-39(36,40)4/h5,7-8,12-14,18,20,25,28,32-33,36,43,46H,6,9-11,15-17,19,21-24,26-27H2,1-4H3,(H,41,45). The second kappa shape index (κ2) is 14.9. The highest BCUT2D eigenvalue weighted by Crippen LogP contribution is 2.59. The Morgan fingerprint density at radius 2 is 1.74 bits per heavy atom. The zero-order valence-corrected chi connectivity index (χ0v) is 28.6. The van der Waals surface area contributed by atoms with Crippen molar-refractivity contribution in [1.82, 2.24) is 10.2 Å². The molecule has 2 saturated carbocycles. The number of amides is 2. The topological polar surface area (TPSA) is 89.9 Å². The molecular formula is C40H56N2O4. The number of carbonyl (C=O) groups excluding carboxylic acids is 2. The zero-order valence-electron chi connectivity index (χ0n) is 28.6. The highest BCUT2D eigenvalue weighted by molar-refractivity contribution is 5.99. The minimum Gasteiger partial charge on any atom is -0.393 e. The summed E-state index contributed by atoms with van der Waals surface area (Å²) in [6.07, 6.45) is 11.9. The van der Waals surface area contributed by atoms with Gasteiger partial charge in [-0.3, -0.25) is 4.79 Å². The van der Waals surface area contributed by atoms with Gasteiger partial charge in [0.25, 0.3) is 0 Å². The molecule has 4 aliphatic rings. The monoisotopic (exact) mass is 628 g/mol. The molecule has 46 heavy (non-hydrogen) atoms. The van der Waals surface area contributed by atoms with Crippen LogP contribution in [0.2, 0.25) is 0 Å². The Bertz CT molecular complexity index is 1380. The molecule has 0 radical (unpaired) electrons. The SMILES string of the molecule is CC1=CCCC2(C)C(CCC2(O)CN(Cc2ccccc2)C(=O)NC(C)C)c2ccc(cc2C(=O)C2CCCCC2)CC(O)CC1. The van der Waals surface area contributed by atoms with Crippen LogP contribution in [0.1, 0.15) is 131 Å². The summed E-state index contributed by atoms with van der Waals surface area (Å²) >= 11 is 0. The van der Waals surface area contributed by atoms with E-state index in [0.717, 1.165) is 73.6 Å². The average molecular weight is 629 g/mol. The molecule has 4 unspecified atom stereocenters. The first kappa shape index (κ1) is 34.4. The molecule has 2 aromatic carbocycles. The van der Waals surface area contributed by atoms with Crippen LogP contribution >= 0.6 is 0 Å². The lowest BCUT2D eigenvalue weighted by Gasteiger charge is -2.46. The fraction of sp³-hybridized carbons (Fsp3) is 0.600. The van der Waals surface area contributed by atoms with E-state index < -0.39 is 17.1 Å². The van der Waals surface area contributed by atoms with E-state index >= 15 is 0 Å². The second-order valence-corrected chi connectivity index (χ2v) is 15.1. The molecule has 6 heteroatoms. The highest BCUT2D eigenvalue weighted by atomic mass is 16.3. The number of aliphatic hydroxyl groups excluding tert-OH is 1. The van der Waals surface area contributed by atoms with Gasteiger partial charge in [-0.1, -0.05) is 80.3 Å². The van der Waals surface area contributed by atoms with Gasteiger partial charge < -0.3 is 20.4 Å². The molecule has 250 valence electrons. The smallest absolute Gasteiger partial charge is 0.317 e. The molecule has 0 saturated heterocycles. The molecule has 2 bridgehead atoms. The summed E-state index contributed by atoms with van der Waals surface area (Å²) < 4.78 is 0. The van der Waals surface area contributed by atoms with E-state index in [1.54, 1.807) is 4.90 Å². The van der Waals surface area contributed by atoms with Crippen LogP contribution in [0, 0.1) is 11.3 Å². The Balaban J connectivity index is 1.56. The number of urea groups is 1. The Morgan fingerprint density at radius 3 is 2.46 bits per heavy atom. The highest BCUT2D eigenvalue weighted by Gasteiger charge is 2.57. The summed E-state index contributed by atoms with van der Waals surface area (Å²) in [5.41, 5.74) is 3.37. The molecule has 3 N–H and O–H groups in total. The number of nitrogens with zero attached hydrogens (tertiary/aromatic N) is 1. The van der Waals surface area contributed by atoms with Crippen LogP contribution in [0.15, 0.2) is 60.2 Å². The third-order valence-corrected chi connectivity index (χ3v) is 11.3. The lowest BCUT2D eigenvalue weighted by Crippen LogP contribution is -2.55. The van der Waals surface area contributed by atoms with Crippen LogP contribution in [0.25, 0.3) is 0 Å². The number of Topliss-reactive ketones (excluding diaryl/α,β-unsaturated/α-hetero) is 1. The third-order valence-electron chi connectivity index (χ3n) is 11.3. The Morgan fingerprint density at radius 1 is 1.00 bits per heavy atom. The van der Waals surface area contributed by atoms with Gasteiger partial charge in [-0.2, -0.15) is 0 Å². The average Bonchev–Trinajstić information content (AvgIpc) is 3.28. The van der Waals surface area contributed by atoms with Crippen molar-refractivity contribution in [2.45, 2.75) is 135 Å². The van der Waals surface area contributed by atoms with Crippen LogP contribution in [0.3, 0.4) is 0 Å². The number of carbonyl (C=O) groups is 2. The predicted molar refractivity (Wildman–Crippen MR) is 185 cm³/mol. The number of rotatable bonds is 7. The van der Waals surface area contributed by atoms with E-state index in [1.807, 2.05) is 44.2 Å². The summed E-state index contributed by atoms with van der Waals surface area (Å²) in [5, 5.41) is 26.8. The first-order chi connectivity index (χ1) is 22.0. The van der Waals surface area contributed by atoms with Gasteiger partial charge in [0, 0.05) is 29.5 Å². The Hall–Kier alpha value is -2.96. The van der Waals surface area contributed by atoms with E-state index in [4.69, 9.17) is 0 Å². The number of allylic oxidation sites excluding steroid dienone is 2. The maximum absolute atomic E-state index is 14.3. The van der Waals surface area contributed by atoms with E-state index in [2.05, 4.69) is 43.4 Å². The van der Waals surface area contributed by atoms with E-state index in [0.29, 0.717) is 25.8 Å². The lowest BCUT2D eigenvalue weighted by atomic mass is 9.64. The van der Waals surface area contributed by atoms with Crippen molar-refractivity contribution in [3.05, 3.63) is 82.4 Å². The Labute approximate surface area is 276 Å². The third kappa shape index (κ3) is 7.77. The number of ketones is 1. The fourth-order valence-corrected chi connectivity index (χ4v) is 8.46. The molecule has 2 fully saturated rings. The van der Waals surface area contributed by atoms with Crippen LogP contribution in [-0.2, 0) is 13.0 Å². The summed E-state index contributed by atoms with van der Waals surface area (Å²) in [7, 11) is 0. The number of nitrogens with one attached hydrogen (secondary N) is 1. The van der Waals surface area contributed by atoms with Gasteiger partial charge in [0.05, 0.1) is 18.2 Å². The van der Waals surface area contributed by atoms with Crippen molar-refractivity contribution in [1.29, 1.82) is 0 Å². The molecule has 6 nitrogen and oxygen atoms in total. The van der Waals surface area contributed by atoms with E-state index in [-0.39, 0.29) is 36.2 Å². The maximum atomic E-state index is 14.3. The summed E-state index contributed by atoms with van der Waals surface area (Å²) in [4.78, 5) is 29.7. The van der Waals surface area contributed by atoms with Crippen molar-refractivity contribution < 1.29 is 19.8 Å². The summed E-state index contributed by atoms with van der Waals surface area (Å²) in [6.45, 7) is 8.87. The minimum atomic E-state index is -1.15. The van der Waals surface area contributed by atoms with Crippen LogP contribution in [-0.4, -0.2) is 51.2 Å². The summed E-state index contributed by atoms with van der Waals surface area (Å²) in [5.74, 6) is 0.223. The minimum absolute atomic E-state index is 0.0276. The molecule has 2 aromatic rings. The number of aliphatic hydroxyl groups is 2. The van der Waals surface area contributed by atoms with Crippen LogP contribution < -0.4 is 5.32 Å². The van der Waals surface area contributed by atoms with Gasteiger partial charge in [-0.15, -0.1) is 0 Å². The molecule has 0 aromatic heterocycles. The number of benzene rings is 2. The van der Waals surface area contributed by atoms with Crippen LogP contribution in [0.4, 0.5) is 4.79 Å². The van der Waals surface area contributed by atoms with Crippen LogP contribution in [0.5, 0.6) is 0 Å². The van der Waals surface area contributed by atoms with Gasteiger partial charge in [0.2, 0.25) is 0 Å². The van der Waals surface area contributed by atoms with Crippen molar-refractivity contribution in [2.75, 3.05) is 6.54 Å². The predicted octanol–water partition coefficient (Wildman–Crippen LogP) is 8.11. The molecular weight excluding hydrogens is 572 g/mol. The van der Waals surface area contributed by atoms with E-state index in [9.17, 15) is 19.8 Å². The van der Waals surface area contributed by atoms with Gasteiger partial charge >= 0.3 is 6.03 Å². The van der Waals surface area contributed by atoms with Gasteiger partial charge in [-0.25, -0.2) is 4.79 Å². The molecule has 0 spiro atoms. The first-order valence-electron chi connectivity index (χ1n) is 17.8. The maximum Gasteiger partial charge on any atom is 0.317 e. The molecule has 4 atom stereocenters. The molecule has 6 rings (SSSR count). The lowest BCUT2D eigenvalue weighted by molar-refractivity contribution is -0.0781. The van der Waals surface area contributed by atoms with E-state index in [1.165, 1.54) is 12.0 Å². The quantitative estimate of drug-likeness (QED) is 0.213. The number of hydrogen-bond acceptors (Lipinski definition) is 4. The number of fused-ring (bicyclic) bond motifs is 8. The normalized spacial score (nSPS) is 27.5. The molecule has 0 aliphatic heterocycles. The second-order valence-electron chi connectivity index (χ2n) is 15.1. The van der Waals surface area contributed by atoms with Crippen molar-refractivity contribution in [3.8, 4) is 0 Å². The fourth-order valence-electron chi connectivity index (χ4n) is 8.46. The summed E-state index contributed by atoms with van der Waals surface area (Å²) in [6, 6.07) is 16.1. The Kier molecular flexibility index (Phi) is 11.1. The first-order valence-corrected chi connectivity index (χ1v) is 17.8. The van der Waals surface area contributed by atoms with Gasteiger partial charge in [0.15, 0.2) is 5.78 Å². The van der Waals surface area contributed by atoms with Gasteiger partial charge in [-0.05, 0) is 107 Å². The molecule has 0 heterocycles. The van der Waals surface area contributed by atoms with Gasteiger partial charge in [0.1, 0.15) is 0 Å².